The quantitative estimate of drug-likeness (QED) is 0.760. The fraction of sp³-hybridized carbons (Fsp3) is 0.600. The average Bonchev–Trinajstić information content (AvgIpc) is 2.92. The van der Waals surface area contributed by atoms with Crippen molar-refractivity contribution < 1.29 is 0 Å². The maximum absolute atomic E-state index is 4.15. The first-order chi connectivity index (χ1) is 6.79. The Hall–Kier alpha value is -1.32. The molecule has 1 heterocycles. The summed E-state index contributed by atoms with van der Waals surface area (Å²) < 4.78 is 0. The molecular formula is C10H16N4. The molecule has 0 saturated heterocycles. The first-order valence-electron chi connectivity index (χ1n) is 5.03. The first-order valence-corrected chi connectivity index (χ1v) is 5.03. The molecule has 1 aliphatic rings. The second kappa shape index (κ2) is 3.82. The van der Waals surface area contributed by atoms with Gasteiger partial charge in [0.2, 0.25) is 0 Å². The summed E-state index contributed by atoms with van der Waals surface area (Å²) in [5.41, 5.74) is 0. The van der Waals surface area contributed by atoms with E-state index in [9.17, 15) is 0 Å². The van der Waals surface area contributed by atoms with Gasteiger partial charge in [0.15, 0.2) is 0 Å². The van der Waals surface area contributed by atoms with E-state index in [-0.39, 0.29) is 0 Å². The molecule has 2 rings (SSSR count). The van der Waals surface area contributed by atoms with Crippen LogP contribution in [0, 0.1) is 11.8 Å². The number of nitrogens with one attached hydrogen (secondary N) is 2. The molecular weight excluding hydrogens is 176 g/mol. The van der Waals surface area contributed by atoms with E-state index in [1.807, 2.05) is 13.1 Å². The van der Waals surface area contributed by atoms with Crippen LogP contribution >= 0.6 is 0 Å². The van der Waals surface area contributed by atoms with Gasteiger partial charge < -0.3 is 10.6 Å². The number of anilines is 2. The Morgan fingerprint density at radius 3 is 2.79 bits per heavy atom. The predicted molar refractivity (Wildman–Crippen MR) is 57.3 cm³/mol. The molecule has 4 heteroatoms. The Balaban J connectivity index is 1.88. The lowest BCUT2D eigenvalue weighted by atomic mass is 10.3. The van der Waals surface area contributed by atoms with Gasteiger partial charge in [-0.2, -0.15) is 0 Å². The van der Waals surface area contributed by atoms with Crippen LogP contribution in [0.1, 0.15) is 13.3 Å². The van der Waals surface area contributed by atoms with Crippen LogP contribution in [0.2, 0.25) is 0 Å². The summed E-state index contributed by atoms with van der Waals surface area (Å²) in [7, 11) is 1.86. The number of aromatic nitrogens is 2. The molecule has 4 nitrogen and oxygen atoms in total. The largest absolute Gasteiger partial charge is 0.373 e. The van der Waals surface area contributed by atoms with Crippen molar-refractivity contribution in [3.05, 3.63) is 12.4 Å². The molecule has 0 aromatic carbocycles. The molecule has 2 atom stereocenters. The second-order valence-electron chi connectivity index (χ2n) is 3.89. The van der Waals surface area contributed by atoms with Gasteiger partial charge in [0.05, 0.1) is 0 Å². The van der Waals surface area contributed by atoms with E-state index in [1.165, 1.54) is 6.42 Å². The lowest BCUT2D eigenvalue weighted by Crippen LogP contribution is -2.06. The molecule has 1 fully saturated rings. The van der Waals surface area contributed by atoms with Gasteiger partial charge >= 0.3 is 0 Å². The van der Waals surface area contributed by atoms with Crippen molar-refractivity contribution in [2.45, 2.75) is 13.3 Å². The smallest absolute Gasteiger partial charge is 0.131 e. The van der Waals surface area contributed by atoms with E-state index in [4.69, 9.17) is 0 Å². The van der Waals surface area contributed by atoms with Crippen molar-refractivity contribution in [1.82, 2.24) is 9.97 Å². The highest BCUT2D eigenvalue weighted by atomic mass is 15.1. The van der Waals surface area contributed by atoms with Crippen LogP contribution < -0.4 is 10.6 Å². The predicted octanol–water partition coefficient (Wildman–Crippen LogP) is 1.59. The lowest BCUT2D eigenvalue weighted by Gasteiger charge is -2.05. The van der Waals surface area contributed by atoms with Crippen LogP contribution in [0.5, 0.6) is 0 Å². The first kappa shape index (κ1) is 9.24. The van der Waals surface area contributed by atoms with Crippen molar-refractivity contribution >= 4 is 11.6 Å². The van der Waals surface area contributed by atoms with Crippen molar-refractivity contribution in [1.29, 1.82) is 0 Å². The zero-order valence-corrected chi connectivity index (χ0v) is 8.62. The van der Waals surface area contributed by atoms with Gasteiger partial charge in [0.1, 0.15) is 18.0 Å². The molecule has 2 unspecified atom stereocenters. The Kier molecular flexibility index (Phi) is 2.52. The van der Waals surface area contributed by atoms with Crippen molar-refractivity contribution in [3.63, 3.8) is 0 Å². The van der Waals surface area contributed by atoms with Crippen LogP contribution in [0.4, 0.5) is 11.6 Å². The summed E-state index contributed by atoms with van der Waals surface area (Å²) >= 11 is 0. The molecule has 14 heavy (non-hydrogen) atoms. The van der Waals surface area contributed by atoms with Crippen molar-refractivity contribution in [3.8, 4) is 0 Å². The maximum Gasteiger partial charge on any atom is 0.131 e. The fourth-order valence-electron chi connectivity index (χ4n) is 1.51. The second-order valence-corrected chi connectivity index (χ2v) is 3.89. The third-order valence-electron chi connectivity index (χ3n) is 2.74. The number of nitrogens with zero attached hydrogens (tertiary/aromatic N) is 2. The number of hydrogen-bond acceptors (Lipinski definition) is 4. The van der Waals surface area contributed by atoms with Crippen LogP contribution in [-0.4, -0.2) is 23.6 Å². The molecule has 0 spiro atoms. The Bertz CT molecular complexity index is 313. The van der Waals surface area contributed by atoms with Gasteiger partial charge in [0.25, 0.3) is 0 Å². The molecule has 0 bridgehead atoms. The molecule has 0 radical (unpaired) electrons. The Morgan fingerprint density at radius 1 is 1.43 bits per heavy atom. The minimum atomic E-state index is 0.836. The van der Waals surface area contributed by atoms with E-state index < -0.39 is 0 Å². The fourth-order valence-corrected chi connectivity index (χ4v) is 1.51. The molecule has 1 saturated carbocycles. The zero-order chi connectivity index (χ0) is 9.97. The summed E-state index contributed by atoms with van der Waals surface area (Å²) in [6.07, 6.45) is 2.92. The molecule has 76 valence electrons. The van der Waals surface area contributed by atoms with Crippen molar-refractivity contribution in [2.24, 2.45) is 11.8 Å². The highest BCUT2D eigenvalue weighted by Crippen LogP contribution is 2.37. The molecule has 0 aliphatic heterocycles. The monoisotopic (exact) mass is 192 g/mol. The number of hydrogen-bond donors (Lipinski definition) is 2. The Labute approximate surface area is 84.2 Å². The highest BCUT2D eigenvalue weighted by molar-refractivity contribution is 5.45. The van der Waals surface area contributed by atoms with Crippen LogP contribution in [-0.2, 0) is 0 Å². The minimum Gasteiger partial charge on any atom is -0.373 e. The number of rotatable bonds is 4. The summed E-state index contributed by atoms with van der Waals surface area (Å²) in [5, 5.41) is 6.31. The van der Waals surface area contributed by atoms with E-state index in [0.29, 0.717) is 0 Å². The summed E-state index contributed by atoms with van der Waals surface area (Å²) in [6.45, 7) is 3.31. The topological polar surface area (TPSA) is 49.8 Å². The van der Waals surface area contributed by atoms with Crippen LogP contribution in [0.15, 0.2) is 12.4 Å². The zero-order valence-electron chi connectivity index (χ0n) is 8.62. The molecule has 0 amide bonds. The Morgan fingerprint density at radius 2 is 2.14 bits per heavy atom. The van der Waals surface area contributed by atoms with Gasteiger partial charge in [-0.25, -0.2) is 9.97 Å². The highest BCUT2D eigenvalue weighted by Gasteiger charge is 2.31. The standard InChI is InChI=1S/C10H16N4/c1-7-3-8(7)5-12-10-4-9(11-2)13-6-14-10/h4,6-8H,3,5H2,1-2H3,(H2,11,12,13,14). The SMILES string of the molecule is CNc1cc(NCC2CC2C)ncn1. The van der Waals surface area contributed by atoms with Crippen LogP contribution in [0.3, 0.4) is 0 Å². The summed E-state index contributed by atoms with van der Waals surface area (Å²) in [5.74, 6) is 3.48. The molecule has 2 N–H and O–H groups in total. The van der Waals surface area contributed by atoms with Gasteiger partial charge in [-0.15, -0.1) is 0 Å². The summed E-state index contributed by atoms with van der Waals surface area (Å²) in [4.78, 5) is 8.20. The third-order valence-corrected chi connectivity index (χ3v) is 2.74. The maximum atomic E-state index is 4.15. The molecule has 1 aromatic heterocycles. The minimum absolute atomic E-state index is 0.836. The van der Waals surface area contributed by atoms with E-state index in [1.54, 1.807) is 6.33 Å². The lowest BCUT2D eigenvalue weighted by molar-refractivity contribution is 0.784. The van der Waals surface area contributed by atoms with Gasteiger partial charge in [-0.1, -0.05) is 6.92 Å². The average molecular weight is 192 g/mol. The van der Waals surface area contributed by atoms with E-state index in [2.05, 4.69) is 27.5 Å². The third kappa shape index (κ3) is 2.13. The van der Waals surface area contributed by atoms with Crippen molar-refractivity contribution in [2.75, 3.05) is 24.2 Å². The van der Waals surface area contributed by atoms with E-state index >= 15 is 0 Å². The van der Waals surface area contributed by atoms with Gasteiger partial charge in [-0.3, -0.25) is 0 Å². The molecule has 1 aromatic rings. The summed E-state index contributed by atoms with van der Waals surface area (Å²) in [6, 6.07) is 1.92. The van der Waals surface area contributed by atoms with Gasteiger partial charge in [0, 0.05) is 19.7 Å². The van der Waals surface area contributed by atoms with E-state index in [0.717, 1.165) is 30.0 Å². The van der Waals surface area contributed by atoms with Gasteiger partial charge in [-0.05, 0) is 18.3 Å². The van der Waals surface area contributed by atoms with Crippen LogP contribution in [0.25, 0.3) is 0 Å². The normalized spacial score (nSPS) is 24.4. The molecule has 1 aliphatic carbocycles.